The van der Waals surface area contributed by atoms with Gasteiger partial charge in [0.2, 0.25) is 0 Å². The van der Waals surface area contributed by atoms with Crippen LogP contribution in [-0.2, 0) is 6.61 Å². The molecule has 2 aromatic heterocycles. The highest BCUT2D eigenvalue weighted by Gasteiger charge is 2.22. The Bertz CT molecular complexity index is 1340. The van der Waals surface area contributed by atoms with Crippen LogP contribution in [0.1, 0.15) is 25.5 Å². The second-order valence-corrected chi connectivity index (χ2v) is 9.02. The predicted octanol–water partition coefficient (Wildman–Crippen LogP) is 4.92. The molecule has 0 spiro atoms. The minimum Gasteiger partial charge on any atom is -0.493 e. The number of rotatable bonds is 8. The highest BCUT2D eigenvalue weighted by molar-refractivity contribution is 6.32. The van der Waals surface area contributed by atoms with Gasteiger partial charge in [-0.2, -0.15) is 0 Å². The van der Waals surface area contributed by atoms with Crippen molar-refractivity contribution in [2.24, 2.45) is 0 Å². The lowest BCUT2D eigenvalue weighted by Crippen LogP contribution is -2.40. The molecule has 5 rings (SSSR count). The average molecular weight is 507 g/mol. The van der Waals surface area contributed by atoms with Gasteiger partial charge in [0.1, 0.15) is 30.6 Å². The van der Waals surface area contributed by atoms with Crippen LogP contribution < -0.4 is 24.8 Å². The zero-order valence-electron chi connectivity index (χ0n) is 20.1. The zero-order valence-corrected chi connectivity index (χ0v) is 20.8. The van der Waals surface area contributed by atoms with Crippen molar-refractivity contribution in [1.29, 1.82) is 0 Å². The molecule has 186 valence electrons. The van der Waals surface area contributed by atoms with E-state index in [4.69, 9.17) is 25.8 Å². The summed E-state index contributed by atoms with van der Waals surface area (Å²) in [6.45, 7) is 3.37. The lowest BCUT2D eigenvalue weighted by molar-refractivity contribution is 0.139. The maximum Gasteiger partial charge on any atom is 0.162 e. The van der Waals surface area contributed by atoms with Crippen LogP contribution in [-0.4, -0.2) is 45.7 Å². The van der Waals surface area contributed by atoms with Crippen molar-refractivity contribution in [2.45, 2.75) is 38.5 Å². The molecule has 1 saturated heterocycles. The molecular formula is C26H27ClN6O3. The van der Waals surface area contributed by atoms with Crippen molar-refractivity contribution >= 4 is 34.0 Å². The van der Waals surface area contributed by atoms with Crippen LogP contribution in [0, 0.1) is 0 Å². The summed E-state index contributed by atoms with van der Waals surface area (Å²) in [5, 5.41) is 8.07. The second-order valence-electron chi connectivity index (χ2n) is 8.62. The van der Waals surface area contributed by atoms with Crippen molar-refractivity contribution in [2.75, 3.05) is 19.0 Å². The molecule has 4 aromatic rings. The van der Waals surface area contributed by atoms with E-state index in [9.17, 15) is 0 Å². The molecule has 2 aromatic carbocycles. The van der Waals surface area contributed by atoms with E-state index in [1.807, 2.05) is 18.2 Å². The molecule has 3 heterocycles. The summed E-state index contributed by atoms with van der Waals surface area (Å²) in [5.41, 5.74) is 2.22. The van der Waals surface area contributed by atoms with Gasteiger partial charge in [-0.15, -0.1) is 0 Å². The van der Waals surface area contributed by atoms with Gasteiger partial charge in [0.05, 0.1) is 29.5 Å². The first-order chi connectivity index (χ1) is 17.6. The Morgan fingerprint density at radius 1 is 1.08 bits per heavy atom. The number of hydrogen-bond acceptors (Lipinski definition) is 9. The molecule has 0 saturated carbocycles. The fourth-order valence-electron chi connectivity index (χ4n) is 4.18. The number of fused-ring (bicyclic) bond motifs is 1. The highest BCUT2D eigenvalue weighted by atomic mass is 35.5. The summed E-state index contributed by atoms with van der Waals surface area (Å²) < 4.78 is 17.8. The second kappa shape index (κ2) is 10.9. The Morgan fingerprint density at radius 2 is 2.00 bits per heavy atom. The molecule has 1 aliphatic heterocycles. The summed E-state index contributed by atoms with van der Waals surface area (Å²) >= 11 is 6.49. The summed E-state index contributed by atoms with van der Waals surface area (Å²) in [4.78, 5) is 17.1. The van der Waals surface area contributed by atoms with Crippen LogP contribution in [0.25, 0.3) is 10.9 Å². The van der Waals surface area contributed by atoms with E-state index >= 15 is 0 Å². The normalized spacial score (nSPS) is 17.5. The van der Waals surface area contributed by atoms with Gasteiger partial charge < -0.3 is 24.8 Å². The first-order valence-corrected chi connectivity index (χ1v) is 12.1. The van der Waals surface area contributed by atoms with E-state index < -0.39 is 0 Å². The molecule has 2 atom stereocenters. The Morgan fingerprint density at radius 3 is 2.78 bits per heavy atom. The molecule has 1 fully saturated rings. The fourth-order valence-corrected chi connectivity index (χ4v) is 4.41. The Kier molecular flexibility index (Phi) is 7.29. The molecule has 0 aliphatic carbocycles. The number of anilines is 2. The van der Waals surface area contributed by atoms with E-state index in [1.54, 1.807) is 37.8 Å². The van der Waals surface area contributed by atoms with Crippen LogP contribution in [0.3, 0.4) is 0 Å². The molecule has 1 aliphatic rings. The predicted molar refractivity (Wildman–Crippen MR) is 138 cm³/mol. The van der Waals surface area contributed by atoms with Crippen molar-refractivity contribution in [1.82, 2.24) is 25.3 Å². The van der Waals surface area contributed by atoms with E-state index in [1.165, 1.54) is 6.33 Å². The van der Waals surface area contributed by atoms with Crippen molar-refractivity contribution < 1.29 is 14.2 Å². The minimum atomic E-state index is 0.113. The van der Waals surface area contributed by atoms with Crippen LogP contribution in [0.15, 0.2) is 55.2 Å². The Hall–Kier alpha value is -3.69. The molecule has 2 N–H and O–H groups in total. The number of methoxy groups -OCH3 is 1. The molecule has 0 bridgehead atoms. The summed E-state index contributed by atoms with van der Waals surface area (Å²) in [6.07, 6.45) is 8.39. The number of nitrogens with zero attached hydrogens (tertiary/aromatic N) is 4. The molecular weight excluding hydrogens is 480 g/mol. The SMILES string of the molecule is COc1cc2ncnc(Nc3ccc(OCc4cnccn4)c(Cl)c3)c2cc1OC1CCNC(C)C1. The number of hydrogen-bond donors (Lipinski definition) is 2. The van der Waals surface area contributed by atoms with Gasteiger partial charge in [0.15, 0.2) is 11.5 Å². The Balaban J connectivity index is 1.37. The third-order valence-electron chi connectivity index (χ3n) is 5.98. The summed E-state index contributed by atoms with van der Waals surface area (Å²) in [5.74, 6) is 2.51. The van der Waals surface area contributed by atoms with Crippen LogP contribution >= 0.6 is 11.6 Å². The molecule has 0 radical (unpaired) electrons. The monoisotopic (exact) mass is 506 g/mol. The van der Waals surface area contributed by atoms with Gasteiger partial charge >= 0.3 is 0 Å². The van der Waals surface area contributed by atoms with Gasteiger partial charge in [-0.05, 0) is 50.6 Å². The summed E-state index contributed by atoms with van der Waals surface area (Å²) in [7, 11) is 1.63. The van der Waals surface area contributed by atoms with Crippen LogP contribution in [0.2, 0.25) is 5.02 Å². The first kappa shape index (κ1) is 24.0. The van der Waals surface area contributed by atoms with Gasteiger partial charge in [-0.3, -0.25) is 9.97 Å². The van der Waals surface area contributed by atoms with E-state index in [2.05, 4.69) is 37.5 Å². The Labute approximate surface area is 214 Å². The molecule has 2 unspecified atom stereocenters. The lowest BCUT2D eigenvalue weighted by Gasteiger charge is -2.29. The standard InChI is InChI=1S/C26H27ClN6O3/c1-16-9-19(5-6-29-16)36-25-11-20-22(12-24(25)34-2)31-15-32-26(20)33-17-3-4-23(21(27)10-17)35-14-18-13-28-7-8-30-18/h3-4,7-8,10-13,15-16,19,29H,5-6,9,14H2,1-2H3,(H,31,32,33). The molecule has 9 nitrogen and oxygen atoms in total. The van der Waals surface area contributed by atoms with Gasteiger partial charge in [-0.1, -0.05) is 11.6 Å². The van der Waals surface area contributed by atoms with Gasteiger partial charge in [-0.25, -0.2) is 9.97 Å². The van der Waals surface area contributed by atoms with Crippen molar-refractivity contribution in [3.05, 3.63) is 66.0 Å². The number of piperidine rings is 1. The van der Waals surface area contributed by atoms with Crippen molar-refractivity contribution in [3.63, 3.8) is 0 Å². The quantitative estimate of drug-likeness (QED) is 0.344. The number of halogens is 1. The largest absolute Gasteiger partial charge is 0.493 e. The van der Waals surface area contributed by atoms with Crippen molar-refractivity contribution in [3.8, 4) is 17.2 Å². The maximum absolute atomic E-state index is 6.49. The number of ether oxygens (including phenoxy) is 3. The number of benzene rings is 2. The topological polar surface area (TPSA) is 103 Å². The third kappa shape index (κ3) is 5.58. The number of aromatic nitrogens is 4. The zero-order chi connectivity index (χ0) is 24.9. The van der Waals surface area contributed by atoms with Crippen LogP contribution in [0.5, 0.6) is 17.2 Å². The van der Waals surface area contributed by atoms with Gasteiger partial charge in [0, 0.05) is 35.6 Å². The molecule has 36 heavy (non-hydrogen) atoms. The summed E-state index contributed by atoms with van der Waals surface area (Å²) in [6, 6.07) is 9.69. The van der Waals surface area contributed by atoms with E-state index in [0.29, 0.717) is 34.1 Å². The van der Waals surface area contributed by atoms with Crippen LogP contribution in [0.4, 0.5) is 11.5 Å². The fraction of sp³-hybridized carbons (Fsp3) is 0.308. The van der Waals surface area contributed by atoms with Gasteiger partial charge in [0.25, 0.3) is 0 Å². The third-order valence-corrected chi connectivity index (χ3v) is 6.27. The van der Waals surface area contributed by atoms with E-state index in [-0.39, 0.29) is 12.7 Å². The lowest BCUT2D eigenvalue weighted by atomic mass is 10.0. The highest BCUT2D eigenvalue weighted by Crippen LogP contribution is 2.37. The minimum absolute atomic E-state index is 0.113. The first-order valence-electron chi connectivity index (χ1n) is 11.8. The smallest absolute Gasteiger partial charge is 0.162 e. The number of nitrogens with one attached hydrogen (secondary N) is 2. The van der Waals surface area contributed by atoms with E-state index in [0.717, 1.165) is 41.7 Å². The maximum atomic E-state index is 6.49. The average Bonchev–Trinajstić information content (AvgIpc) is 2.89. The molecule has 10 heteroatoms. The molecule has 0 amide bonds.